The molecule has 7 nitrogen and oxygen atoms in total. The number of nitrogens with zero attached hydrogens (tertiary/aromatic N) is 5. The van der Waals surface area contributed by atoms with Gasteiger partial charge in [-0.15, -0.1) is 5.10 Å². The lowest BCUT2D eigenvalue weighted by atomic mass is 10.1. The SMILES string of the molecule is CCC(C(=O)N1CCN(Cc2ccccc2)CC1)n1nnc2ccccc2c1=O. The van der Waals surface area contributed by atoms with Crippen LogP contribution in [0.25, 0.3) is 10.9 Å². The Kier molecular flexibility index (Phi) is 5.67. The van der Waals surface area contributed by atoms with Crippen LogP contribution in [0.1, 0.15) is 24.9 Å². The fourth-order valence-corrected chi connectivity index (χ4v) is 3.84. The molecule has 1 aromatic heterocycles. The fourth-order valence-electron chi connectivity index (χ4n) is 3.84. The largest absolute Gasteiger partial charge is 0.338 e. The average Bonchev–Trinajstić information content (AvgIpc) is 2.77. The molecule has 2 heterocycles. The minimum Gasteiger partial charge on any atom is -0.338 e. The van der Waals surface area contributed by atoms with Gasteiger partial charge in [-0.1, -0.05) is 54.6 Å². The molecule has 0 saturated carbocycles. The van der Waals surface area contributed by atoms with Crippen molar-refractivity contribution in [2.24, 2.45) is 0 Å². The predicted octanol–water partition coefficient (Wildman–Crippen LogP) is 2.09. The number of benzene rings is 2. The van der Waals surface area contributed by atoms with E-state index in [1.807, 2.05) is 36.1 Å². The first-order valence-corrected chi connectivity index (χ1v) is 10.1. The summed E-state index contributed by atoms with van der Waals surface area (Å²) >= 11 is 0. The molecule has 0 radical (unpaired) electrons. The standard InChI is InChI=1S/C22H25N5O2/c1-2-20(27-21(28)18-10-6-7-11-19(18)23-24-27)22(29)26-14-12-25(13-15-26)16-17-8-4-3-5-9-17/h3-11,20H,2,12-16H2,1H3. The van der Waals surface area contributed by atoms with Crippen molar-refractivity contribution in [3.8, 4) is 0 Å². The van der Waals surface area contributed by atoms with Crippen molar-refractivity contribution < 1.29 is 4.79 Å². The highest BCUT2D eigenvalue weighted by Gasteiger charge is 2.29. The lowest BCUT2D eigenvalue weighted by Crippen LogP contribution is -2.51. The maximum atomic E-state index is 13.2. The maximum absolute atomic E-state index is 13.2. The van der Waals surface area contributed by atoms with Crippen molar-refractivity contribution in [2.75, 3.05) is 26.2 Å². The predicted molar refractivity (Wildman–Crippen MR) is 111 cm³/mol. The van der Waals surface area contributed by atoms with Crippen molar-refractivity contribution >= 4 is 16.8 Å². The maximum Gasteiger partial charge on any atom is 0.278 e. The smallest absolute Gasteiger partial charge is 0.278 e. The number of amides is 1. The highest BCUT2D eigenvalue weighted by atomic mass is 16.2. The van der Waals surface area contributed by atoms with Gasteiger partial charge in [0.05, 0.1) is 5.39 Å². The summed E-state index contributed by atoms with van der Waals surface area (Å²) in [5.74, 6) is -0.0569. The molecule has 1 saturated heterocycles. The highest BCUT2D eigenvalue weighted by Crippen LogP contribution is 2.16. The Labute approximate surface area is 169 Å². The number of fused-ring (bicyclic) bond motifs is 1. The molecular weight excluding hydrogens is 366 g/mol. The van der Waals surface area contributed by atoms with Crippen molar-refractivity contribution in [2.45, 2.75) is 25.9 Å². The molecule has 2 aromatic carbocycles. The van der Waals surface area contributed by atoms with Gasteiger partial charge in [0.2, 0.25) is 5.91 Å². The van der Waals surface area contributed by atoms with E-state index in [1.165, 1.54) is 10.2 Å². The van der Waals surface area contributed by atoms with Crippen LogP contribution in [0.3, 0.4) is 0 Å². The third-order valence-electron chi connectivity index (χ3n) is 5.49. The van der Waals surface area contributed by atoms with Crippen molar-refractivity contribution in [3.05, 3.63) is 70.5 Å². The number of hydrogen-bond donors (Lipinski definition) is 0. The molecule has 4 rings (SSSR count). The number of carbonyl (C=O) groups is 1. The van der Waals surface area contributed by atoms with Gasteiger partial charge in [0.15, 0.2) is 0 Å². The minimum absolute atomic E-state index is 0.0569. The van der Waals surface area contributed by atoms with Crippen LogP contribution in [-0.2, 0) is 11.3 Å². The normalized spacial score (nSPS) is 16.1. The third kappa shape index (κ3) is 4.05. The monoisotopic (exact) mass is 391 g/mol. The number of rotatable bonds is 5. The van der Waals surface area contributed by atoms with Crippen molar-refractivity contribution in [1.29, 1.82) is 0 Å². The first-order valence-electron chi connectivity index (χ1n) is 10.1. The van der Waals surface area contributed by atoms with Gasteiger partial charge in [0.25, 0.3) is 5.56 Å². The van der Waals surface area contributed by atoms with E-state index in [1.54, 1.807) is 18.2 Å². The van der Waals surface area contributed by atoms with Gasteiger partial charge < -0.3 is 4.90 Å². The Morgan fingerprint density at radius 3 is 2.41 bits per heavy atom. The summed E-state index contributed by atoms with van der Waals surface area (Å²) in [6.45, 7) is 5.72. The third-order valence-corrected chi connectivity index (χ3v) is 5.49. The number of hydrogen-bond acceptors (Lipinski definition) is 5. The second kappa shape index (κ2) is 8.53. The van der Waals surface area contributed by atoms with Crippen LogP contribution in [0, 0.1) is 0 Å². The Morgan fingerprint density at radius 2 is 1.69 bits per heavy atom. The molecule has 1 fully saturated rings. The quantitative estimate of drug-likeness (QED) is 0.666. The molecule has 7 heteroatoms. The summed E-state index contributed by atoms with van der Waals surface area (Å²) in [5, 5.41) is 8.68. The van der Waals surface area contributed by atoms with E-state index in [0.717, 1.165) is 19.6 Å². The van der Waals surface area contributed by atoms with Crippen LogP contribution < -0.4 is 5.56 Å². The first-order chi connectivity index (χ1) is 14.2. The van der Waals surface area contributed by atoms with Gasteiger partial charge in [-0.2, -0.15) is 4.68 Å². The van der Waals surface area contributed by atoms with Gasteiger partial charge >= 0.3 is 0 Å². The zero-order valence-electron chi connectivity index (χ0n) is 16.6. The second-order valence-electron chi connectivity index (χ2n) is 7.37. The van der Waals surface area contributed by atoms with Gasteiger partial charge in [0.1, 0.15) is 11.6 Å². The van der Waals surface area contributed by atoms with Crippen LogP contribution in [0.2, 0.25) is 0 Å². The van der Waals surface area contributed by atoms with Gasteiger partial charge in [0, 0.05) is 32.7 Å². The van der Waals surface area contributed by atoms with E-state index < -0.39 is 6.04 Å². The van der Waals surface area contributed by atoms with Crippen LogP contribution >= 0.6 is 0 Å². The Morgan fingerprint density at radius 1 is 1.00 bits per heavy atom. The van der Waals surface area contributed by atoms with E-state index in [9.17, 15) is 9.59 Å². The van der Waals surface area contributed by atoms with E-state index >= 15 is 0 Å². The molecule has 150 valence electrons. The Bertz CT molecular complexity index is 1040. The van der Waals surface area contributed by atoms with Gasteiger partial charge in [-0.3, -0.25) is 14.5 Å². The molecule has 3 aromatic rings. The molecule has 1 atom stereocenters. The van der Waals surface area contributed by atoms with E-state index in [2.05, 4.69) is 27.3 Å². The molecule has 1 amide bonds. The zero-order chi connectivity index (χ0) is 20.2. The molecule has 1 unspecified atom stereocenters. The van der Waals surface area contributed by atoms with E-state index in [-0.39, 0.29) is 11.5 Å². The Hall–Kier alpha value is -3.06. The lowest BCUT2D eigenvalue weighted by Gasteiger charge is -2.36. The topological polar surface area (TPSA) is 71.3 Å². The Balaban J connectivity index is 1.46. The lowest BCUT2D eigenvalue weighted by molar-refractivity contribution is -0.137. The van der Waals surface area contributed by atoms with Crippen LogP contribution in [0.4, 0.5) is 0 Å². The van der Waals surface area contributed by atoms with Crippen LogP contribution in [-0.4, -0.2) is 56.9 Å². The fraction of sp³-hybridized carbons (Fsp3) is 0.364. The summed E-state index contributed by atoms with van der Waals surface area (Å²) in [7, 11) is 0. The molecule has 29 heavy (non-hydrogen) atoms. The number of carbonyl (C=O) groups excluding carboxylic acids is 1. The summed E-state index contributed by atoms with van der Waals surface area (Å²) in [6, 6.07) is 16.8. The molecule has 0 spiro atoms. The molecule has 0 bridgehead atoms. The summed E-state index contributed by atoms with van der Waals surface area (Å²) < 4.78 is 1.25. The summed E-state index contributed by atoms with van der Waals surface area (Å²) in [5.41, 5.74) is 1.56. The minimum atomic E-state index is -0.625. The van der Waals surface area contributed by atoms with Crippen LogP contribution in [0.5, 0.6) is 0 Å². The van der Waals surface area contributed by atoms with Gasteiger partial charge in [-0.25, -0.2) is 0 Å². The number of piperazine rings is 1. The highest BCUT2D eigenvalue weighted by molar-refractivity contribution is 5.81. The molecule has 0 aliphatic carbocycles. The van der Waals surface area contributed by atoms with Crippen molar-refractivity contribution in [1.82, 2.24) is 24.8 Å². The first kappa shape index (κ1) is 19.3. The van der Waals surface area contributed by atoms with E-state index in [0.29, 0.717) is 30.4 Å². The zero-order valence-corrected chi connectivity index (χ0v) is 16.6. The van der Waals surface area contributed by atoms with Crippen LogP contribution in [0.15, 0.2) is 59.4 Å². The molecular formula is C22H25N5O2. The average molecular weight is 391 g/mol. The molecule has 1 aliphatic rings. The summed E-state index contributed by atoms with van der Waals surface area (Å²) in [6.07, 6.45) is 0.496. The molecule has 1 aliphatic heterocycles. The summed E-state index contributed by atoms with van der Waals surface area (Å²) in [4.78, 5) is 30.2. The second-order valence-corrected chi connectivity index (χ2v) is 7.37. The van der Waals surface area contributed by atoms with E-state index in [4.69, 9.17) is 0 Å². The number of aromatic nitrogens is 3. The van der Waals surface area contributed by atoms with Gasteiger partial charge in [-0.05, 0) is 24.1 Å². The molecule has 0 N–H and O–H groups in total. The van der Waals surface area contributed by atoms with Crippen molar-refractivity contribution in [3.63, 3.8) is 0 Å².